The zero-order valence-electron chi connectivity index (χ0n) is 19.0. The van der Waals surface area contributed by atoms with Gasteiger partial charge in [0.15, 0.2) is 0 Å². The first-order valence-corrected chi connectivity index (χ1v) is 11.6. The van der Waals surface area contributed by atoms with Gasteiger partial charge in [-0.2, -0.15) is 11.8 Å². The summed E-state index contributed by atoms with van der Waals surface area (Å²) >= 11 is 1.48. The third kappa shape index (κ3) is 16.9. The van der Waals surface area contributed by atoms with Crippen LogP contribution in [0, 0.1) is 0 Å². The van der Waals surface area contributed by atoms with Crippen LogP contribution >= 0.6 is 11.8 Å². The molecule has 0 aliphatic rings. The fraction of sp³-hybridized carbons (Fsp3) is 0.609. The summed E-state index contributed by atoms with van der Waals surface area (Å²) in [6.07, 6.45) is 10.9. The smallest absolute Gasteiger partial charge is 0.327 e. The van der Waals surface area contributed by atoms with Crippen LogP contribution in [0.25, 0.3) is 0 Å². The Bertz CT molecular complexity index is 650. The van der Waals surface area contributed by atoms with Crippen molar-refractivity contribution in [1.29, 1.82) is 0 Å². The molecule has 6 nitrogen and oxygen atoms in total. The summed E-state index contributed by atoms with van der Waals surface area (Å²) in [6.45, 7) is 10.1. The third-order valence-electron chi connectivity index (χ3n) is 4.32. The summed E-state index contributed by atoms with van der Waals surface area (Å²) in [5.74, 6) is -0.639. The van der Waals surface area contributed by atoms with Gasteiger partial charge in [0.25, 0.3) is 0 Å². The van der Waals surface area contributed by atoms with Gasteiger partial charge >= 0.3 is 5.97 Å². The predicted octanol–water partition coefficient (Wildman–Crippen LogP) is 4.23. The Morgan fingerprint density at radius 1 is 0.900 bits per heavy atom. The maximum Gasteiger partial charge on any atom is 0.327 e. The zero-order valence-corrected chi connectivity index (χ0v) is 19.9. The molecule has 3 N–H and O–H groups in total. The molecule has 0 aliphatic carbocycles. The summed E-state index contributed by atoms with van der Waals surface area (Å²) in [5.41, 5.74) is 4.05. The highest BCUT2D eigenvalue weighted by Crippen LogP contribution is 2.13. The summed E-state index contributed by atoms with van der Waals surface area (Å²) in [4.78, 5) is 33.9. The van der Waals surface area contributed by atoms with E-state index in [0.29, 0.717) is 11.5 Å². The Labute approximate surface area is 185 Å². The first-order chi connectivity index (χ1) is 14.1. The number of carbonyl (C=O) groups excluding carboxylic acids is 2. The van der Waals surface area contributed by atoms with E-state index in [4.69, 9.17) is 0 Å². The average Bonchev–Trinajstić information content (AvgIpc) is 2.63. The fourth-order valence-corrected chi connectivity index (χ4v) is 3.52. The van der Waals surface area contributed by atoms with E-state index in [2.05, 4.69) is 56.6 Å². The van der Waals surface area contributed by atoms with E-state index in [1.165, 1.54) is 35.4 Å². The van der Waals surface area contributed by atoms with Crippen molar-refractivity contribution in [2.24, 2.45) is 0 Å². The third-order valence-corrected chi connectivity index (χ3v) is 5.29. The predicted molar refractivity (Wildman–Crippen MR) is 126 cm³/mol. The lowest BCUT2D eigenvalue weighted by Gasteiger charge is -2.14. The summed E-state index contributed by atoms with van der Waals surface area (Å²) < 4.78 is 0. The molecule has 0 rings (SSSR count). The Balaban J connectivity index is 4.19. The average molecular weight is 439 g/mol. The van der Waals surface area contributed by atoms with Gasteiger partial charge in [-0.05, 0) is 53.4 Å². The first kappa shape index (κ1) is 28.0. The SMILES string of the molecule is CC(=O)NCCC(=O)NC(CSCC=C(C)CCC=C(C)CCC=C(C)C)C(=O)O. The molecule has 0 heterocycles. The highest BCUT2D eigenvalue weighted by Gasteiger charge is 2.19. The van der Waals surface area contributed by atoms with E-state index in [9.17, 15) is 19.5 Å². The second-order valence-corrected chi connectivity index (χ2v) is 8.76. The van der Waals surface area contributed by atoms with Crippen molar-refractivity contribution in [3.63, 3.8) is 0 Å². The Morgan fingerprint density at radius 2 is 1.50 bits per heavy atom. The molecular formula is C23H38N2O4S. The van der Waals surface area contributed by atoms with Gasteiger partial charge in [-0.1, -0.05) is 34.9 Å². The molecule has 0 aromatic heterocycles. The van der Waals surface area contributed by atoms with Gasteiger partial charge in [-0.25, -0.2) is 4.79 Å². The van der Waals surface area contributed by atoms with Crippen LogP contribution in [-0.4, -0.2) is 47.0 Å². The maximum atomic E-state index is 11.8. The summed E-state index contributed by atoms with van der Waals surface area (Å²) in [5, 5.41) is 14.3. The zero-order chi connectivity index (χ0) is 22.9. The lowest BCUT2D eigenvalue weighted by molar-refractivity contribution is -0.141. The minimum atomic E-state index is -1.05. The molecule has 0 aromatic rings. The number of carbonyl (C=O) groups is 3. The Morgan fingerprint density at radius 3 is 2.07 bits per heavy atom. The molecule has 0 radical (unpaired) electrons. The molecule has 7 heteroatoms. The molecule has 1 unspecified atom stereocenters. The molecule has 1 atom stereocenters. The number of allylic oxidation sites excluding steroid dienone is 5. The molecule has 0 aromatic carbocycles. The number of rotatable bonds is 15. The number of hydrogen-bond donors (Lipinski definition) is 3. The van der Waals surface area contributed by atoms with Gasteiger partial charge in [-0.3, -0.25) is 9.59 Å². The number of thioether (sulfide) groups is 1. The molecular weight excluding hydrogens is 400 g/mol. The van der Waals surface area contributed by atoms with Crippen molar-refractivity contribution < 1.29 is 19.5 Å². The monoisotopic (exact) mass is 438 g/mol. The largest absolute Gasteiger partial charge is 0.480 e. The molecule has 30 heavy (non-hydrogen) atoms. The van der Waals surface area contributed by atoms with Crippen LogP contribution in [0.15, 0.2) is 34.9 Å². The highest BCUT2D eigenvalue weighted by molar-refractivity contribution is 7.99. The minimum absolute atomic E-state index is 0.0638. The van der Waals surface area contributed by atoms with Crippen LogP contribution in [0.5, 0.6) is 0 Å². The van der Waals surface area contributed by atoms with Gasteiger partial charge in [0.1, 0.15) is 6.04 Å². The van der Waals surface area contributed by atoms with E-state index in [1.54, 1.807) is 0 Å². The van der Waals surface area contributed by atoms with E-state index in [0.717, 1.165) is 25.7 Å². The second kappa shape index (κ2) is 16.7. The van der Waals surface area contributed by atoms with Gasteiger partial charge in [0.05, 0.1) is 0 Å². The lowest BCUT2D eigenvalue weighted by atomic mass is 10.1. The van der Waals surface area contributed by atoms with Crippen molar-refractivity contribution in [2.75, 3.05) is 18.1 Å². The van der Waals surface area contributed by atoms with E-state index < -0.39 is 12.0 Å². The van der Waals surface area contributed by atoms with Crippen LogP contribution in [0.4, 0.5) is 0 Å². The number of aliphatic carboxylic acids is 1. The quantitative estimate of drug-likeness (QED) is 0.263. The van der Waals surface area contributed by atoms with E-state index in [-0.39, 0.29) is 24.8 Å². The minimum Gasteiger partial charge on any atom is -0.480 e. The van der Waals surface area contributed by atoms with E-state index >= 15 is 0 Å². The van der Waals surface area contributed by atoms with Crippen molar-refractivity contribution in [3.8, 4) is 0 Å². The van der Waals surface area contributed by atoms with Crippen LogP contribution in [0.2, 0.25) is 0 Å². The molecule has 0 saturated heterocycles. The highest BCUT2D eigenvalue weighted by atomic mass is 32.2. The molecule has 0 bridgehead atoms. The first-order valence-electron chi connectivity index (χ1n) is 10.4. The maximum absolute atomic E-state index is 11.8. The molecule has 0 fully saturated rings. The van der Waals surface area contributed by atoms with Gasteiger partial charge in [-0.15, -0.1) is 0 Å². The van der Waals surface area contributed by atoms with Gasteiger partial charge in [0.2, 0.25) is 11.8 Å². The standard InChI is InChI=1S/C23H38N2O4S/c1-17(2)8-6-9-18(3)10-7-11-19(4)13-15-30-16-21(23(28)29)25-22(27)12-14-24-20(5)26/h8,10,13,21H,6-7,9,11-12,14-16H2,1-5H3,(H,24,26)(H,25,27)(H,28,29). The molecule has 170 valence electrons. The number of carboxylic acids is 1. The number of nitrogens with one attached hydrogen (secondary N) is 2. The topological polar surface area (TPSA) is 95.5 Å². The molecule has 0 spiro atoms. The Hall–Kier alpha value is -2.02. The van der Waals surface area contributed by atoms with Crippen molar-refractivity contribution in [1.82, 2.24) is 10.6 Å². The Kier molecular flexibility index (Phi) is 15.6. The summed E-state index contributed by atoms with van der Waals surface area (Å²) in [7, 11) is 0. The van der Waals surface area contributed by atoms with Crippen LogP contribution in [0.1, 0.15) is 66.7 Å². The normalized spacial score (nSPS) is 12.8. The number of amides is 2. The number of carboxylic acid groups (broad SMARTS) is 1. The van der Waals surface area contributed by atoms with Gasteiger partial charge in [0, 0.05) is 31.4 Å². The van der Waals surface area contributed by atoms with Crippen LogP contribution < -0.4 is 10.6 Å². The van der Waals surface area contributed by atoms with Gasteiger partial charge < -0.3 is 15.7 Å². The van der Waals surface area contributed by atoms with Crippen molar-refractivity contribution >= 4 is 29.5 Å². The second-order valence-electron chi connectivity index (χ2n) is 7.69. The molecule has 0 saturated carbocycles. The van der Waals surface area contributed by atoms with E-state index in [1.807, 2.05) is 0 Å². The van der Waals surface area contributed by atoms with Crippen molar-refractivity contribution in [3.05, 3.63) is 34.9 Å². The molecule has 2 amide bonds. The fourth-order valence-electron chi connectivity index (χ4n) is 2.52. The van der Waals surface area contributed by atoms with Crippen LogP contribution in [-0.2, 0) is 14.4 Å². The summed E-state index contributed by atoms with van der Waals surface area (Å²) in [6, 6.07) is -0.931. The van der Waals surface area contributed by atoms with Crippen LogP contribution in [0.3, 0.4) is 0 Å². The lowest BCUT2D eigenvalue weighted by Crippen LogP contribution is -2.43. The molecule has 0 aliphatic heterocycles. The number of hydrogen-bond acceptors (Lipinski definition) is 4. The van der Waals surface area contributed by atoms with Crippen molar-refractivity contribution in [2.45, 2.75) is 72.8 Å².